The second-order valence-corrected chi connectivity index (χ2v) is 7.70. The molecule has 1 N–H and O–H groups in total. The number of carbonyl (C=O) groups is 2. The first-order valence-electron chi connectivity index (χ1n) is 8.60. The van der Waals surface area contributed by atoms with Gasteiger partial charge in [-0.1, -0.05) is 6.07 Å². The summed E-state index contributed by atoms with van der Waals surface area (Å²) in [5.74, 6) is -1.31. The van der Waals surface area contributed by atoms with Gasteiger partial charge in [-0.25, -0.2) is 9.18 Å². The highest BCUT2D eigenvalue weighted by Crippen LogP contribution is 2.37. The van der Waals surface area contributed by atoms with E-state index < -0.39 is 28.9 Å². The molecule has 7 heteroatoms. The number of piperidine rings is 1. The minimum absolute atomic E-state index is 0.0919. The average Bonchev–Trinajstić information content (AvgIpc) is 2.55. The lowest BCUT2D eigenvalue weighted by Gasteiger charge is -2.39. The van der Waals surface area contributed by atoms with Crippen LogP contribution in [0.4, 0.5) is 9.18 Å². The summed E-state index contributed by atoms with van der Waals surface area (Å²) in [5, 5.41) is 9.80. The number of amides is 1. The van der Waals surface area contributed by atoms with Crippen molar-refractivity contribution in [2.45, 2.75) is 45.6 Å². The Morgan fingerprint density at radius 2 is 1.88 bits per heavy atom. The molecule has 1 aromatic carbocycles. The highest BCUT2D eigenvalue weighted by molar-refractivity contribution is 5.76. The van der Waals surface area contributed by atoms with Crippen molar-refractivity contribution in [3.05, 3.63) is 29.6 Å². The lowest BCUT2D eigenvalue weighted by Crippen LogP contribution is -2.48. The summed E-state index contributed by atoms with van der Waals surface area (Å²) >= 11 is 0. The third-order valence-corrected chi connectivity index (χ3v) is 4.58. The van der Waals surface area contributed by atoms with Crippen LogP contribution in [-0.2, 0) is 16.0 Å². The van der Waals surface area contributed by atoms with Crippen molar-refractivity contribution in [2.24, 2.45) is 5.41 Å². The second kappa shape index (κ2) is 7.51. The molecular formula is C19H26FNO5. The maximum atomic E-state index is 13.6. The molecular weight excluding hydrogens is 341 g/mol. The molecule has 0 aromatic heterocycles. The summed E-state index contributed by atoms with van der Waals surface area (Å²) < 4.78 is 23.9. The Morgan fingerprint density at radius 3 is 2.38 bits per heavy atom. The van der Waals surface area contributed by atoms with Crippen molar-refractivity contribution in [1.82, 2.24) is 4.90 Å². The van der Waals surface area contributed by atoms with Crippen molar-refractivity contribution in [3.8, 4) is 5.75 Å². The molecule has 0 aliphatic carbocycles. The normalized spacial score (nSPS) is 16.9. The minimum Gasteiger partial charge on any atom is -0.494 e. The van der Waals surface area contributed by atoms with Gasteiger partial charge < -0.3 is 19.5 Å². The lowest BCUT2D eigenvalue weighted by molar-refractivity contribution is -0.152. The number of likely N-dealkylation sites (tertiary alicyclic amines) is 1. The number of hydrogen-bond donors (Lipinski definition) is 1. The van der Waals surface area contributed by atoms with Gasteiger partial charge in [-0.05, 0) is 57.7 Å². The first kappa shape index (κ1) is 20.0. The van der Waals surface area contributed by atoms with Crippen LogP contribution in [0, 0.1) is 11.2 Å². The van der Waals surface area contributed by atoms with Crippen molar-refractivity contribution in [2.75, 3.05) is 20.2 Å². The predicted molar refractivity (Wildman–Crippen MR) is 93.8 cm³/mol. The Bertz CT molecular complexity index is 675. The van der Waals surface area contributed by atoms with Gasteiger partial charge in [-0.3, -0.25) is 4.79 Å². The van der Waals surface area contributed by atoms with Gasteiger partial charge in [0.25, 0.3) is 0 Å². The zero-order chi connectivity index (χ0) is 19.5. The molecule has 0 spiro atoms. The quantitative estimate of drug-likeness (QED) is 0.882. The summed E-state index contributed by atoms with van der Waals surface area (Å²) in [6, 6.07) is 4.38. The lowest BCUT2D eigenvalue weighted by atomic mass is 9.74. The van der Waals surface area contributed by atoms with Crippen molar-refractivity contribution >= 4 is 12.1 Å². The van der Waals surface area contributed by atoms with Gasteiger partial charge in [0.05, 0.1) is 12.5 Å². The molecule has 26 heavy (non-hydrogen) atoms. The first-order valence-corrected chi connectivity index (χ1v) is 8.60. The van der Waals surface area contributed by atoms with Gasteiger partial charge in [0.2, 0.25) is 0 Å². The standard InChI is InChI=1S/C19H26FNO5/c1-18(2,3)26-17(24)21-9-7-19(8-10-21,16(22)23)12-13-5-6-14(20)15(11-13)25-4/h5-6,11H,7-10,12H2,1-4H3,(H,22,23). The van der Waals surface area contributed by atoms with E-state index in [4.69, 9.17) is 9.47 Å². The van der Waals surface area contributed by atoms with Gasteiger partial charge in [0, 0.05) is 13.1 Å². The number of carboxylic acids is 1. The highest BCUT2D eigenvalue weighted by Gasteiger charge is 2.43. The van der Waals surface area contributed by atoms with Crippen LogP contribution in [0.1, 0.15) is 39.2 Å². The van der Waals surface area contributed by atoms with Crippen molar-refractivity contribution < 1.29 is 28.6 Å². The Kier molecular flexibility index (Phi) is 5.78. The van der Waals surface area contributed by atoms with Crippen LogP contribution in [0.3, 0.4) is 0 Å². The van der Waals surface area contributed by atoms with E-state index in [-0.39, 0.29) is 12.2 Å². The zero-order valence-corrected chi connectivity index (χ0v) is 15.7. The van der Waals surface area contributed by atoms with Gasteiger partial charge in [-0.15, -0.1) is 0 Å². The fourth-order valence-corrected chi connectivity index (χ4v) is 3.11. The maximum absolute atomic E-state index is 13.6. The smallest absolute Gasteiger partial charge is 0.410 e. The second-order valence-electron chi connectivity index (χ2n) is 7.70. The number of ether oxygens (including phenoxy) is 2. The molecule has 1 amide bonds. The molecule has 1 fully saturated rings. The number of carbonyl (C=O) groups excluding carboxylic acids is 1. The molecule has 0 unspecified atom stereocenters. The number of hydrogen-bond acceptors (Lipinski definition) is 4. The molecule has 1 aromatic rings. The van der Waals surface area contributed by atoms with Crippen LogP contribution in [-0.4, -0.2) is 47.9 Å². The van der Waals surface area contributed by atoms with Crippen LogP contribution in [0.2, 0.25) is 0 Å². The highest BCUT2D eigenvalue weighted by atomic mass is 19.1. The summed E-state index contributed by atoms with van der Waals surface area (Å²) in [4.78, 5) is 25.7. The molecule has 2 rings (SSSR count). The Morgan fingerprint density at radius 1 is 1.27 bits per heavy atom. The molecule has 0 atom stereocenters. The molecule has 1 heterocycles. The van der Waals surface area contributed by atoms with Crippen LogP contribution < -0.4 is 4.74 Å². The topological polar surface area (TPSA) is 76.1 Å². The number of methoxy groups -OCH3 is 1. The van der Waals surface area contributed by atoms with E-state index in [1.807, 2.05) is 0 Å². The SMILES string of the molecule is COc1cc(CC2(C(=O)O)CCN(C(=O)OC(C)(C)C)CC2)ccc1F. The molecule has 0 saturated carbocycles. The van der Waals surface area contributed by atoms with E-state index in [1.165, 1.54) is 24.1 Å². The number of rotatable bonds is 4. The average molecular weight is 367 g/mol. The van der Waals surface area contributed by atoms with Gasteiger partial charge in [-0.2, -0.15) is 0 Å². The van der Waals surface area contributed by atoms with Gasteiger partial charge >= 0.3 is 12.1 Å². The van der Waals surface area contributed by atoms with E-state index in [0.717, 1.165) is 0 Å². The number of nitrogens with zero attached hydrogens (tertiary/aromatic N) is 1. The first-order chi connectivity index (χ1) is 12.1. The third-order valence-electron chi connectivity index (χ3n) is 4.58. The molecule has 1 aliphatic heterocycles. The largest absolute Gasteiger partial charge is 0.494 e. The van der Waals surface area contributed by atoms with Crippen LogP contribution in [0.5, 0.6) is 5.75 Å². The fraction of sp³-hybridized carbons (Fsp3) is 0.579. The summed E-state index contributed by atoms with van der Waals surface area (Å²) in [6.07, 6.45) is 0.434. The summed E-state index contributed by atoms with van der Waals surface area (Å²) in [7, 11) is 1.37. The fourth-order valence-electron chi connectivity index (χ4n) is 3.11. The third kappa shape index (κ3) is 4.65. The Balaban J connectivity index is 2.11. The number of aliphatic carboxylic acids is 1. The van der Waals surface area contributed by atoms with Gasteiger partial charge in [0.1, 0.15) is 5.60 Å². The van der Waals surface area contributed by atoms with E-state index in [1.54, 1.807) is 26.8 Å². The van der Waals surface area contributed by atoms with E-state index in [2.05, 4.69) is 0 Å². The minimum atomic E-state index is -0.999. The Hall–Kier alpha value is -2.31. The molecule has 1 aliphatic rings. The van der Waals surface area contributed by atoms with Gasteiger partial charge in [0.15, 0.2) is 11.6 Å². The number of carboxylic acid groups (broad SMARTS) is 1. The van der Waals surface area contributed by atoms with Crippen molar-refractivity contribution in [3.63, 3.8) is 0 Å². The summed E-state index contributed by atoms with van der Waals surface area (Å²) in [5.41, 5.74) is -0.902. The maximum Gasteiger partial charge on any atom is 0.410 e. The zero-order valence-electron chi connectivity index (χ0n) is 15.7. The van der Waals surface area contributed by atoms with E-state index in [0.29, 0.717) is 31.5 Å². The Labute approximate surface area is 152 Å². The van der Waals surface area contributed by atoms with Crippen LogP contribution >= 0.6 is 0 Å². The monoisotopic (exact) mass is 367 g/mol. The van der Waals surface area contributed by atoms with Crippen LogP contribution in [0.25, 0.3) is 0 Å². The van der Waals surface area contributed by atoms with E-state index in [9.17, 15) is 19.1 Å². The predicted octanol–water partition coefficient (Wildman–Crippen LogP) is 3.48. The molecule has 1 saturated heterocycles. The van der Waals surface area contributed by atoms with Crippen LogP contribution in [0.15, 0.2) is 18.2 Å². The van der Waals surface area contributed by atoms with E-state index >= 15 is 0 Å². The number of benzene rings is 1. The number of halogens is 1. The molecule has 144 valence electrons. The van der Waals surface area contributed by atoms with Crippen molar-refractivity contribution in [1.29, 1.82) is 0 Å². The molecule has 0 radical (unpaired) electrons. The summed E-state index contributed by atoms with van der Waals surface area (Å²) in [6.45, 7) is 5.98. The molecule has 6 nitrogen and oxygen atoms in total. The molecule has 0 bridgehead atoms.